The third-order valence-corrected chi connectivity index (χ3v) is 4.27. The summed E-state index contributed by atoms with van der Waals surface area (Å²) in [6.45, 7) is 6.99. The molecule has 19 heavy (non-hydrogen) atoms. The fourth-order valence-corrected chi connectivity index (χ4v) is 2.89. The monoisotopic (exact) mass is 276 g/mol. The first kappa shape index (κ1) is 16.1. The number of unbranched alkanes of at least 4 members (excludes halogenated alkanes) is 1. The lowest BCUT2D eigenvalue weighted by molar-refractivity contribution is 0.415. The SMILES string of the molecule is CCNC(C)(C#N)CCCCSc1ccc(C)cc1. The van der Waals surface area contributed by atoms with E-state index in [0.29, 0.717) is 0 Å². The zero-order valence-corrected chi connectivity index (χ0v) is 13.0. The lowest BCUT2D eigenvalue weighted by Gasteiger charge is -2.22. The highest BCUT2D eigenvalue weighted by molar-refractivity contribution is 7.99. The van der Waals surface area contributed by atoms with Crippen molar-refractivity contribution in [3.8, 4) is 6.07 Å². The molecule has 0 aliphatic heterocycles. The smallest absolute Gasteiger partial charge is 0.103 e. The van der Waals surface area contributed by atoms with Gasteiger partial charge in [0.05, 0.1) is 6.07 Å². The summed E-state index contributed by atoms with van der Waals surface area (Å²) < 4.78 is 0. The third kappa shape index (κ3) is 6.13. The highest BCUT2D eigenvalue weighted by Crippen LogP contribution is 2.21. The number of aryl methyl sites for hydroxylation is 1. The van der Waals surface area contributed by atoms with Crippen molar-refractivity contribution < 1.29 is 0 Å². The maximum Gasteiger partial charge on any atom is 0.103 e. The van der Waals surface area contributed by atoms with Gasteiger partial charge in [-0.25, -0.2) is 0 Å². The minimum Gasteiger partial charge on any atom is -0.300 e. The van der Waals surface area contributed by atoms with Crippen LogP contribution in [0.4, 0.5) is 0 Å². The summed E-state index contributed by atoms with van der Waals surface area (Å²) >= 11 is 1.90. The fraction of sp³-hybridized carbons (Fsp3) is 0.562. The summed E-state index contributed by atoms with van der Waals surface area (Å²) in [5.74, 6) is 1.12. The Morgan fingerprint density at radius 3 is 2.53 bits per heavy atom. The molecule has 0 radical (unpaired) electrons. The fourth-order valence-electron chi connectivity index (χ4n) is 1.98. The Morgan fingerprint density at radius 1 is 1.26 bits per heavy atom. The van der Waals surface area contributed by atoms with Crippen LogP contribution in [0, 0.1) is 18.3 Å². The van der Waals surface area contributed by atoms with Gasteiger partial charge in [0.1, 0.15) is 5.54 Å². The van der Waals surface area contributed by atoms with Crippen LogP contribution in [0.25, 0.3) is 0 Å². The van der Waals surface area contributed by atoms with E-state index in [9.17, 15) is 0 Å². The zero-order chi connectivity index (χ0) is 14.1. The largest absolute Gasteiger partial charge is 0.300 e. The van der Waals surface area contributed by atoms with E-state index >= 15 is 0 Å². The molecule has 2 nitrogen and oxygen atoms in total. The zero-order valence-electron chi connectivity index (χ0n) is 12.2. The van der Waals surface area contributed by atoms with Gasteiger partial charge < -0.3 is 0 Å². The maximum absolute atomic E-state index is 9.16. The summed E-state index contributed by atoms with van der Waals surface area (Å²) in [6, 6.07) is 11.0. The molecule has 1 atom stereocenters. The standard InChI is InChI=1S/C16H24N2S/c1-4-18-16(3,13-17)11-5-6-12-19-15-9-7-14(2)8-10-15/h7-10,18H,4-6,11-12H2,1-3H3. The van der Waals surface area contributed by atoms with Crippen molar-refractivity contribution in [2.24, 2.45) is 0 Å². The molecule has 0 saturated heterocycles. The normalized spacial score (nSPS) is 13.8. The number of hydrogen-bond donors (Lipinski definition) is 1. The molecule has 1 aromatic rings. The van der Waals surface area contributed by atoms with Crippen LogP contribution in [0.3, 0.4) is 0 Å². The van der Waals surface area contributed by atoms with Crippen molar-refractivity contribution in [3.05, 3.63) is 29.8 Å². The topological polar surface area (TPSA) is 35.8 Å². The summed E-state index contributed by atoms with van der Waals surface area (Å²) in [6.07, 6.45) is 3.17. The van der Waals surface area contributed by atoms with E-state index in [1.807, 2.05) is 25.6 Å². The lowest BCUT2D eigenvalue weighted by Crippen LogP contribution is -2.40. The highest BCUT2D eigenvalue weighted by Gasteiger charge is 2.20. The molecule has 1 aromatic carbocycles. The molecule has 1 N–H and O–H groups in total. The molecule has 3 heteroatoms. The Bertz CT molecular complexity index is 408. The van der Waals surface area contributed by atoms with Crippen LogP contribution in [0.2, 0.25) is 0 Å². The van der Waals surface area contributed by atoms with Gasteiger partial charge in [0.25, 0.3) is 0 Å². The van der Waals surface area contributed by atoms with Crippen LogP contribution < -0.4 is 5.32 Å². The molecule has 0 saturated carbocycles. The Labute approximate surface area is 121 Å². The van der Waals surface area contributed by atoms with E-state index in [2.05, 4.69) is 42.6 Å². The van der Waals surface area contributed by atoms with E-state index in [0.717, 1.165) is 31.6 Å². The molecule has 0 spiro atoms. The summed E-state index contributed by atoms with van der Waals surface area (Å²) in [5, 5.41) is 12.4. The number of rotatable bonds is 8. The predicted molar refractivity (Wildman–Crippen MR) is 83.4 cm³/mol. The second-order valence-electron chi connectivity index (χ2n) is 5.09. The number of nitrogens with zero attached hydrogens (tertiary/aromatic N) is 1. The van der Waals surface area contributed by atoms with Gasteiger partial charge in [0.15, 0.2) is 0 Å². The predicted octanol–water partition coefficient (Wildman–Crippen LogP) is 4.15. The van der Waals surface area contributed by atoms with Gasteiger partial charge in [-0.1, -0.05) is 24.6 Å². The first-order valence-electron chi connectivity index (χ1n) is 6.95. The number of nitrogens with one attached hydrogen (secondary N) is 1. The molecule has 0 aromatic heterocycles. The molecule has 0 aliphatic carbocycles. The number of hydrogen-bond acceptors (Lipinski definition) is 3. The molecule has 1 rings (SSSR count). The van der Waals surface area contributed by atoms with Crippen LogP contribution in [-0.2, 0) is 0 Å². The van der Waals surface area contributed by atoms with Gasteiger partial charge in [0.2, 0.25) is 0 Å². The molecule has 0 bridgehead atoms. The minimum absolute atomic E-state index is 0.358. The maximum atomic E-state index is 9.16. The second-order valence-corrected chi connectivity index (χ2v) is 6.26. The lowest BCUT2D eigenvalue weighted by atomic mass is 9.97. The third-order valence-electron chi connectivity index (χ3n) is 3.17. The summed E-state index contributed by atoms with van der Waals surface area (Å²) in [5.41, 5.74) is 0.947. The first-order chi connectivity index (χ1) is 9.09. The Morgan fingerprint density at radius 2 is 1.95 bits per heavy atom. The Kier molecular flexibility index (Phi) is 6.97. The molecule has 0 amide bonds. The van der Waals surface area contributed by atoms with Gasteiger partial charge in [-0.3, -0.25) is 5.32 Å². The molecular formula is C16H24N2S. The van der Waals surface area contributed by atoms with E-state index in [-0.39, 0.29) is 5.54 Å². The average molecular weight is 276 g/mol. The van der Waals surface area contributed by atoms with Gasteiger partial charge in [-0.15, -0.1) is 11.8 Å². The Balaban J connectivity index is 2.21. The number of thioether (sulfide) groups is 1. The van der Waals surface area contributed by atoms with E-state index < -0.39 is 0 Å². The van der Waals surface area contributed by atoms with E-state index in [1.54, 1.807) is 0 Å². The molecule has 0 fully saturated rings. The van der Waals surface area contributed by atoms with Gasteiger partial charge in [-0.05, 0) is 57.5 Å². The van der Waals surface area contributed by atoms with Crippen LogP contribution >= 0.6 is 11.8 Å². The van der Waals surface area contributed by atoms with Crippen LogP contribution in [0.5, 0.6) is 0 Å². The number of benzene rings is 1. The van der Waals surface area contributed by atoms with Crippen molar-refractivity contribution >= 4 is 11.8 Å². The average Bonchev–Trinajstić information content (AvgIpc) is 2.41. The van der Waals surface area contributed by atoms with Crippen molar-refractivity contribution in [3.63, 3.8) is 0 Å². The summed E-state index contributed by atoms with van der Waals surface area (Å²) in [7, 11) is 0. The van der Waals surface area contributed by atoms with Gasteiger partial charge in [0, 0.05) is 4.90 Å². The Hall–Kier alpha value is -0.980. The quantitative estimate of drug-likeness (QED) is 0.572. The van der Waals surface area contributed by atoms with Crippen LogP contribution in [0.1, 0.15) is 38.7 Å². The molecular weight excluding hydrogens is 252 g/mol. The van der Waals surface area contributed by atoms with Crippen molar-refractivity contribution in [2.45, 2.75) is 50.5 Å². The molecule has 0 aliphatic rings. The van der Waals surface area contributed by atoms with Crippen molar-refractivity contribution in [2.75, 3.05) is 12.3 Å². The van der Waals surface area contributed by atoms with Crippen LogP contribution in [0.15, 0.2) is 29.2 Å². The van der Waals surface area contributed by atoms with Gasteiger partial charge >= 0.3 is 0 Å². The molecule has 0 heterocycles. The number of nitriles is 1. The van der Waals surface area contributed by atoms with E-state index in [4.69, 9.17) is 5.26 Å². The minimum atomic E-state index is -0.358. The first-order valence-corrected chi connectivity index (χ1v) is 7.94. The summed E-state index contributed by atoms with van der Waals surface area (Å²) in [4.78, 5) is 1.33. The van der Waals surface area contributed by atoms with Crippen molar-refractivity contribution in [1.82, 2.24) is 5.32 Å². The molecule has 1 unspecified atom stereocenters. The van der Waals surface area contributed by atoms with Crippen molar-refractivity contribution in [1.29, 1.82) is 5.26 Å². The second kappa shape index (κ2) is 8.24. The highest BCUT2D eigenvalue weighted by atomic mass is 32.2. The van der Waals surface area contributed by atoms with E-state index in [1.165, 1.54) is 10.5 Å². The van der Waals surface area contributed by atoms with Crippen LogP contribution in [-0.4, -0.2) is 17.8 Å². The molecule has 104 valence electrons. The van der Waals surface area contributed by atoms with Gasteiger partial charge in [-0.2, -0.15) is 5.26 Å².